The summed E-state index contributed by atoms with van der Waals surface area (Å²) in [6.07, 6.45) is 3.75. The van der Waals surface area contributed by atoms with Crippen molar-refractivity contribution in [2.24, 2.45) is 5.92 Å². The fourth-order valence-corrected chi connectivity index (χ4v) is 1.80. The van der Waals surface area contributed by atoms with Crippen LogP contribution in [0.3, 0.4) is 0 Å². The average Bonchev–Trinajstić information content (AvgIpc) is 2.19. The summed E-state index contributed by atoms with van der Waals surface area (Å²) in [7, 11) is 0. The van der Waals surface area contributed by atoms with Gasteiger partial charge in [-0.1, -0.05) is 19.8 Å². The molecule has 84 valence electrons. The van der Waals surface area contributed by atoms with Gasteiger partial charge in [0.15, 0.2) is 0 Å². The van der Waals surface area contributed by atoms with Gasteiger partial charge in [-0.2, -0.15) is 5.26 Å². The summed E-state index contributed by atoms with van der Waals surface area (Å²) in [5.41, 5.74) is 0. The molecule has 1 amide bonds. The lowest BCUT2D eigenvalue weighted by atomic mass is 9.96. The van der Waals surface area contributed by atoms with Crippen LogP contribution in [-0.4, -0.2) is 25.2 Å². The molecule has 0 aromatic heterocycles. The van der Waals surface area contributed by atoms with Crippen LogP contribution in [0.4, 0.5) is 0 Å². The maximum absolute atomic E-state index is 11.6. The first-order valence-electron chi connectivity index (χ1n) is 5.50. The van der Waals surface area contributed by atoms with E-state index < -0.39 is 0 Å². The third-order valence-electron chi connectivity index (χ3n) is 2.66. The standard InChI is InChI=1S/C11H18N2O2/c1-9-4-2-3-7-15-10(8-9)11(14)13-6-5-12/h9-10H,2-4,6-8H2,1H3,(H,13,14)/t9?,10-/m0/s1. The van der Waals surface area contributed by atoms with Crippen LogP contribution in [0.5, 0.6) is 0 Å². The monoisotopic (exact) mass is 210 g/mol. The van der Waals surface area contributed by atoms with Gasteiger partial charge in [0.25, 0.3) is 0 Å². The van der Waals surface area contributed by atoms with Crippen molar-refractivity contribution in [3.05, 3.63) is 0 Å². The average molecular weight is 210 g/mol. The number of rotatable bonds is 2. The Bertz CT molecular complexity index is 247. The summed E-state index contributed by atoms with van der Waals surface area (Å²) in [4.78, 5) is 11.6. The SMILES string of the molecule is CC1CCCCO[C@H](C(=O)NCC#N)C1. The van der Waals surface area contributed by atoms with Gasteiger partial charge >= 0.3 is 0 Å². The van der Waals surface area contributed by atoms with E-state index in [0.29, 0.717) is 12.5 Å². The number of nitriles is 1. The summed E-state index contributed by atoms with van der Waals surface area (Å²) in [5.74, 6) is 0.369. The van der Waals surface area contributed by atoms with Gasteiger partial charge in [0.05, 0.1) is 6.07 Å². The van der Waals surface area contributed by atoms with E-state index in [1.165, 1.54) is 6.42 Å². The first-order chi connectivity index (χ1) is 7.24. The van der Waals surface area contributed by atoms with Crippen molar-refractivity contribution >= 4 is 5.91 Å². The van der Waals surface area contributed by atoms with E-state index in [0.717, 1.165) is 19.3 Å². The largest absolute Gasteiger partial charge is 0.368 e. The van der Waals surface area contributed by atoms with Crippen LogP contribution < -0.4 is 5.32 Å². The smallest absolute Gasteiger partial charge is 0.249 e. The molecular formula is C11H18N2O2. The minimum atomic E-state index is -0.367. The number of nitrogens with one attached hydrogen (secondary N) is 1. The molecule has 4 nitrogen and oxygen atoms in total. The summed E-state index contributed by atoms with van der Waals surface area (Å²) in [6, 6.07) is 1.89. The van der Waals surface area contributed by atoms with E-state index in [-0.39, 0.29) is 18.6 Å². The van der Waals surface area contributed by atoms with Crippen LogP contribution in [0, 0.1) is 17.2 Å². The van der Waals surface area contributed by atoms with Crippen molar-refractivity contribution in [3.8, 4) is 6.07 Å². The Kier molecular flexibility index (Phi) is 5.13. The Hall–Kier alpha value is -1.08. The van der Waals surface area contributed by atoms with Crippen LogP contribution in [0.15, 0.2) is 0 Å². The molecule has 0 aromatic rings. The first kappa shape index (κ1) is 12.0. The molecular weight excluding hydrogens is 192 g/mol. The minimum Gasteiger partial charge on any atom is -0.368 e. The summed E-state index contributed by atoms with van der Waals surface area (Å²) >= 11 is 0. The van der Waals surface area contributed by atoms with Gasteiger partial charge in [-0.15, -0.1) is 0 Å². The molecule has 1 aliphatic rings. The van der Waals surface area contributed by atoms with Crippen molar-refractivity contribution in [1.29, 1.82) is 5.26 Å². The van der Waals surface area contributed by atoms with Gasteiger partial charge in [0, 0.05) is 6.61 Å². The van der Waals surface area contributed by atoms with Gasteiger partial charge in [-0.25, -0.2) is 0 Å². The molecule has 15 heavy (non-hydrogen) atoms. The zero-order valence-electron chi connectivity index (χ0n) is 9.16. The van der Waals surface area contributed by atoms with E-state index >= 15 is 0 Å². The van der Waals surface area contributed by atoms with Crippen LogP contribution in [0.1, 0.15) is 32.6 Å². The number of amides is 1. The van der Waals surface area contributed by atoms with E-state index in [1.807, 2.05) is 6.07 Å². The second-order valence-electron chi connectivity index (χ2n) is 4.07. The zero-order chi connectivity index (χ0) is 11.1. The molecule has 0 aromatic carbocycles. The lowest BCUT2D eigenvalue weighted by Crippen LogP contribution is -2.38. The second kappa shape index (κ2) is 6.41. The van der Waals surface area contributed by atoms with Crippen LogP contribution >= 0.6 is 0 Å². The highest BCUT2D eigenvalue weighted by molar-refractivity contribution is 5.80. The molecule has 2 atom stereocenters. The zero-order valence-corrected chi connectivity index (χ0v) is 9.16. The molecule has 1 N–H and O–H groups in total. The Morgan fingerprint density at radius 1 is 1.60 bits per heavy atom. The Morgan fingerprint density at radius 3 is 3.13 bits per heavy atom. The van der Waals surface area contributed by atoms with E-state index in [2.05, 4.69) is 12.2 Å². The molecule has 0 aliphatic carbocycles. The lowest BCUT2D eigenvalue weighted by molar-refractivity contribution is -0.134. The fraction of sp³-hybridized carbons (Fsp3) is 0.818. The number of nitrogens with zero attached hydrogens (tertiary/aromatic N) is 1. The van der Waals surface area contributed by atoms with E-state index in [4.69, 9.17) is 10.00 Å². The molecule has 1 unspecified atom stereocenters. The fourth-order valence-electron chi connectivity index (χ4n) is 1.80. The quantitative estimate of drug-likeness (QED) is 0.697. The van der Waals surface area contributed by atoms with Gasteiger partial charge in [0.1, 0.15) is 12.6 Å². The number of hydrogen-bond donors (Lipinski definition) is 1. The number of hydrogen-bond acceptors (Lipinski definition) is 3. The third-order valence-corrected chi connectivity index (χ3v) is 2.66. The molecule has 0 spiro atoms. The minimum absolute atomic E-state index is 0.0626. The molecule has 4 heteroatoms. The predicted octanol–water partition coefficient (Wildman–Crippen LogP) is 1.22. The Balaban J connectivity index is 2.42. The van der Waals surface area contributed by atoms with Crippen molar-refractivity contribution < 1.29 is 9.53 Å². The van der Waals surface area contributed by atoms with Crippen molar-refractivity contribution in [3.63, 3.8) is 0 Å². The van der Waals surface area contributed by atoms with Crippen molar-refractivity contribution in [1.82, 2.24) is 5.32 Å². The molecule has 1 aliphatic heterocycles. The predicted molar refractivity (Wildman–Crippen MR) is 56.0 cm³/mol. The molecule has 1 fully saturated rings. The number of carbonyl (C=O) groups excluding carboxylic acids is 1. The molecule has 0 bridgehead atoms. The highest BCUT2D eigenvalue weighted by Crippen LogP contribution is 2.19. The molecule has 1 heterocycles. The van der Waals surface area contributed by atoms with Crippen molar-refractivity contribution in [2.45, 2.75) is 38.7 Å². The highest BCUT2D eigenvalue weighted by atomic mass is 16.5. The normalized spacial score (nSPS) is 27.2. The first-order valence-corrected chi connectivity index (χ1v) is 5.50. The van der Waals surface area contributed by atoms with E-state index in [1.54, 1.807) is 0 Å². The Labute approximate surface area is 90.6 Å². The molecule has 0 saturated carbocycles. The maximum atomic E-state index is 11.6. The number of ether oxygens (including phenoxy) is 1. The van der Waals surface area contributed by atoms with E-state index in [9.17, 15) is 4.79 Å². The van der Waals surface area contributed by atoms with Gasteiger partial charge in [0.2, 0.25) is 5.91 Å². The van der Waals surface area contributed by atoms with Crippen LogP contribution in [-0.2, 0) is 9.53 Å². The topological polar surface area (TPSA) is 62.1 Å². The molecule has 1 rings (SSSR count). The van der Waals surface area contributed by atoms with Gasteiger partial charge in [-0.05, 0) is 18.8 Å². The Morgan fingerprint density at radius 2 is 2.40 bits per heavy atom. The highest BCUT2D eigenvalue weighted by Gasteiger charge is 2.22. The lowest BCUT2D eigenvalue weighted by Gasteiger charge is -2.23. The van der Waals surface area contributed by atoms with Crippen molar-refractivity contribution in [2.75, 3.05) is 13.2 Å². The summed E-state index contributed by atoms with van der Waals surface area (Å²) < 4.78 is 5.49. The third kappa shape index (κ3) is 4.30. The summed E-state index contributed by atoms with van der Waals surface area (Å²) in [6.45, 7) is 2.85. The summed E-state index contributed by atoms with van der Waals surface area (Å²) in [5, 5.41) is 10.9. The van der Waals surface area contributed by atoms with Crippen LogP contribution in [0.2, 0.25) is 0 Å². The van der Waals surface area contributed by atoms with Crippen LogP contribution in [0.25, 0.3) is 0 Å². The van der Waals surface area contributed by atoms with Gasteiger partial charge in [-0.3, -0.25) is 4.79 Å². The number of carbonyl (C=O) groups is 1. The maximum Gasteiger partial charge on any atom is 0.249 e. The van der Waals surface area contributed by atoms with Gasteiger partial charge < -0.3 is 10.1 Å². The second-order valence-corrected chi connectivity index (χ2v) is 4.07. The molecule has 0 radical (unpaired) electrons. The molecule has 1 saturated heterocycles.